The SMILES string of the molecule is CC1CCC([C@H](NC(=O)C2=CONC2C)C(=O)Nc2ccc(C3CCCCC3)nc2)CC1. The van der Waals surface area contributed by atoms with E-state index in [4.69, 9.17) is 4.84 Å². The molecule has 0 saturated heterocycles. The lowest BCUT2D eigenvalue weighted by molar-refractivity contribution is -0.126. The van der Waals surface area contributed by atoms with Crippen molar-refractivity contribution in [1.29, 1.82) is 0 Å². The number of hydrogen-bond donors (Lipinski definition) is 3. The van der Waals surface area contributed by atoms with Crippen LogP contribution in [0, 0.1) is 11.8 Å². The molecule has 2 amide bonds. The van der Waals surface area contributed by atoms with E-state index in [0.717, 1.165) is 31.4 Å². The fraction of sp³-hybridized carbons (Fsp3) is 0.640. The van der Waals surface area contributed by atoms with Gasteiger partial charge in [-0.15, -0.1) is 5.48 Å². The molecule has 1 aromatic rings. The quantitative estimate of drug-likeness (QED) is 0.617. The lowest BCUT2D eigenvalue weighted by atomic mass is 9.79. The van der Waals surface area contributed by atoms with Gasteiger partial charge in [0.1, 0.15) is 12.3 Å². The Hall–Kier alpha value is -2.41. The molecule has 0 bridgehead atoms. The van der Waals surface area contributed by atoms with Gasteiger partial charge in [-0.25, -0.2) is 0 Å². The van der Waals surface area contributed by atoms with Crippen molar-refractivity contribution in [2.24, 2.45) is 11.8 Å². The van der Waals surface area contributed by atoms with E-state index in [9.17, 15) is 9.59 Å². The molecule has 1 unspecified atom stereocenters. The van der Waals surface area contributed by atoms with Gasteiger partial charge in [0, 0.05) is 11.6 Å². The summed E-state index contributed by atoms with van der Waals surface area (Å²) in [5, 5.41) is 6.00. The van der Waals surface area contributed by atoms with Crippen LogP contribution >= 0.6 is 0 Å². The maximum absolute atomic E-state index is 13.3. The summed E-state index contributed by atoms with van der Waals surface area (Å²) in [5.74, 6) is 0.882. The monoisotopic (exact) mass is 440 g/mol. The molecule has 2 heterocycles. The summed E-state index contributed by atoms with van der Waals surface area (Å²) in [6.45, 7) is 4.10. The molecular formula is C25H36N4O3. The molecule has 0 spiro atoms. The highest BCUT2D eigenvalue weighted by atomic mass is 16.6. The van der Waals surface area contributed by atoms with E-state index in [-0.39, 0.29) is 23.8 Å². The molecule has 7 nitrogen and oxygen atoms in total. The van der Waals surface area contributed by atoms with E-state index < -0.39 is 6.04 Å². The van der Waals surface area contributed by atoms with Crippen molar-refractivity contribution >= 4 is 17.5 Å². The van der Waals surface area contributed by atoms with Gasteiger partial charge in [0.2, 0.25) is 5.91 Å². The Morgan fingerprint density at radius 1 is 1.06 bits per heavy atom. The summed E-state index contributed by atoms with van der Waals surface area (Å²) in [6, 6.07) is 3.19. The summed E-state index contributed by atoms with van der Waals surface area (Å²) < 4.78 is 0. The van der Waals surface area contributed by atoms with Crippen LogP contribution in [0.5, 0.6) is 0 Å². The van der Waals surface area contributed by atoms with Gasteiger partial charge in [0.25, 0.3) is 5.91 Å². The van der Waals surface area contributed by atoms with Crippen LogP contribution in [-0.4, -0.2) is 28.9 Å². The van der Waals surface area contributed by atoms with Crippen molar-refractivity contribution in [3.05, 3.63) is 35.9 Å². The lowest BCUT2D eigenvalue weighted by Gasteiger charge is -2.32. The molecule has 174 valence electrons. The molecule has 0 aromatic carbocycles. The predicted octanol–water partition coefficient (Wildman–Crippen LogP) is 4.19. The maximum atomic E-state index is 13.3. The maximum Gasteiger partial charge on any atom is 0.252 e. The third-order valence-electron chi connectivity index (χ3n) is 7.34. The second-order valence-electron chi connectivity index (χ2n) is 9.80. The number of nitrogens with one attached hydrogen (secondary N) is 3. The van der Waals surface area contributed by atoms with E-state index >= 15 is 0 Å². The second kappa shape index (κ2) is 10.5. The topological polar surface area (TPSA) is 92.4 Å². The zero-order chi connectivity index (χ0) is 22.5. The number of pyridine rings is 1. The minimum absolute atomic E-state index is 0.121. The lowest BCUT2D eigenvalue weighted by Crippen LogP contribution is -2.50. The number of anilines is 1. The number of amides is 2. The predicted molar refractivity (Wildman–Crippen MR) is 124 cm³/mol. The van der Waals surface area contributed by atoms with Gasteiger partial charge in [-0.1, -0.05) is 39.0 Å². The second-order valence-corrected chi connectivity index (χ2v) is 9.80. The molecule has 1 aromatic heterocycles. The standard InChI is InChI=1S/C25H36N4O3/c1-16-8-10-19(11-9-16)23(28-24(30)21-15-32-29-17(21)2)25(31)27-20-12-13-22(26-14-20)18-6-4-3-5-7-18/h12-19,23,29H,3-11H2,1-2H3,(H,27,31)(H,28,30)/t16?,17?,19?,23-/m0/s1. The first-order valence-electron chi connectivity index (χ1n) is 12.2. The van der Waals surface area contributed by atoms with Crippen molar-refractivity contribution in [3.63, 3.8) is 0 Å². The highest BCUT2D eigenvalue weighted by Crippen LogP contribution is 2.33. The van der Waals surface area contributed by atoms with Gasteiger partial charge in [-0.3, -0.25) is 14.6 Å². The summed E-state index contributed by atoms with van der Waals surface area (Å²) >= 11 is 0. The third-order valence-corrected chi connectivity index (χ3v) is 7.34. The fourth-order valence-corrected chi connectivity index (χ4v) is 5.20. The van der Waals surface area contributed by atoms with Crippen LogP contribution < -0.4 is 16.1 Å². The van der Waals surface area contributed by atoms with Crippen LogP contribution in [0.2, 0.25) is 0 Å². The average molecular weight is 441 g/mol. The van der Waals surface area contributed by atoms with Crippen LogP contribution in [-0.2, 0) is 14.4 Å². The van der Waals surface area contributed by atoms with Crippen molar-refractivity contribution in [2.75, 3.05) is 5.32 Å². The third kappa shape index (κ3) is 5.49. The Morgan fingerprint density at radius 3 is 2.44 bits per heavy atom. The van der Waals surface area contributed by atoms with E-state index in [1.807, 2.05) is 19.1 Å². The van der Waals surface area contributed by atoms with Crippen LogP contribution in [0.15, 0.2) is 30.2 Å². The van der Waals surface area contributed by atoms with E-state index in [1.54, 1.807) is 6.20 Å². The smallest absolute Gasteiger partial charge is 0.252 e. The normalized spacial score (nSPS) is 27.2. The van der Waals surface area contributed by atoms with Gasteiger partial charge in [0.05, 0.1) is 23.5 Å². The Kier molecular flexibility index (Phi) is 7.45. The van der Waals surface area contributed by atoms with Gasteiger partial charge >= 0.3 is 0 Å². The van der Waals surface area contributed by atoms with Crippen LogP contribution in [0.3, 0.4) is 0 Å². The number of hydroxylamine groups is 1. The van der Waals surface area contributed by atoms with Crippen molar-refractivity contribution in [3.8, 4) is 0 Å². The molecule has 32 heavy (non-hydrogen) atoms. The average Bonchev–Trinajstić information content (AvgIpc) is 3.25. The summed E-state index contributed by atoms with van der Waals surface area (Å²) in [7, 11) is 0. The summed E-state index contributed by atoms with van der Waals surface area (Å²) in [6.07, 6.45) is 13.4. The van der Waals surface area contributed by atoms with E-state index in [2.05, 4.69) is 28.0 Å². The molecule has 7 heteroatoms. The highest BCUT2D eigenvalue weighted by Gasteiger charge is 2.34. The first-order valence-corrected chi connectivity index (χ1v) is 12.2. The van der Waals surface area contributed by atoms with Crippen molar-refractivity contribution in [1.82, 2.24) is 15.8 Å². The number of hydrogen-bond acceptors (Lipinski definition) is 5. The summed E-state index contributed by atoms with van der Waals surface area (Å²) in [5.41, 5.74) is 5.04. The van der Waals surface area contributed by atoms with Crippen LogP contribution in [0.25, 0.3) is 0 Å². The molecule has 2 fully saturated rings. The molecule has 2 saturated carbocycles. The Bertz CT molecular complexity index is 824. The van der Waals surface area contributed by atoms with Crippen LogP contribution in [0.1, 0.15) is 83.2 Å². The molecule has 0 radical (unpaired) electrons. The molecule has 3 N–H and O–H groups in total. The number of aromatic nitrogens is 1. The zero-order valence-corrected chi connectivity index (χ0v) is 19.2. The highest BCUT2D eigenvalue weighted by molar-refractivity contribution is 6.01. The number of carbonyl (C=O) groups is 2. The molecular weight excluding hydrogens is 404 g/mol. The fourth-order valence-electron chi connectivity index (χ4n) is 5.20. The summed E-state index contributed by atoms with van der Waals surface area (Å²) in [4.78, 5) is 35.9. The van der Waals surface area contributed by atoms with Crippen molar-refractivity contribution in [2.45, 2.75) is 89.6 Å². The number of carbonyl (C=O) groups excluding carboxylic acids is 2. The first kappa shape index (κ1) is 22.8. The van der Waals surface area contributed by atoms with Gasteiger partial charge in [-0.2, -0.15) is 0 Å². The Morgan fingerprint density at radius 2 is 1.81 bits per heavy atom. The van der Waals surface area contributed by atoms with Gasteiger partial charge in [-0.05, 0) is 56.6 Å². The van der Waals surface area contributed by atoms with E-state index in [0.29, 0.717) is 23.1 Å². The molecule has 3 aliphatic rings. The molecule has 4 rings (SSSR count). The first-order chi connectivity index (χ1) is 15.5. The van der Waals surface area contributed by atoms with Crippen LogP contribution in [0.4, 0.5) is 5.69 Å². The largest absolute Gasteiger partial charge is 0.415 e. The molecule has 2 atom stereocenters. The van der Waals surface area contributed by atoms with Gasteiger partial charge < -0.3 is 15.5 Å². The Balaban J connectivity index is 1.43. The Labute approximate surface area is 190 Å². The molecule has 2 aliphatic carbocycles. The van der Waals surface area contributed by atoms with Gasteiger partial charge in [0.15, 0.2) is 0 Å². The number of nitrogens with zero attached hydrogens (tertiary/aromatic N) is 1. The van der Waals surface area contributed by atoms with E-state index in [1.165, 1.54) is 38.4 Å². The minimum Gasteiger partial charge on any atom is -0.415 e. The van der Waals surface area contributed by atoms with Crippen molar-refractivity contribution < 1.29 is 14.4 Å². The zero-order valence-electron chi connectivity index (χ0n) is 19.2. The number of rotatable bonds is 6. The minimum atomic E-state index is -0.582. The molecule has 1 aliphatic heterocycles.